The van der Waals surface area contributed by atoms with Crippen LogP contribution in [0.15, 0.2) is 24.3 Å². The number of likely N-dealkylation sites (tertiary alicyclic amines) is 1. The second-order valence-electron chi connectivity index (χ2n) is 6.43. The third-order valence-corrected chi connectivity index (χ3v) is 5.09. The number of benzene rings is 1. The molecule has 0 bridgehead atoms. The van der Waals surface area contributed by atoms with Gasteiger partial charge in [0.25, 0.3) is 0 Å². The minimum Gasteiger partial charge on any atom is -0.481 e. The summed E-state index contributed by atoms with van der Waals surface area (Å²) < 4.78 is 0. The summed E-state index contributed by atoms with van der Waals surface area (Å²) in [4.78, 5) is 25.9. The number of carboxylic acids is 1. The summed E-state index contributed by atoms with van der Waals surface area (Å²) in [7, 11) is 0. The monoisotopic (exact) mass is 307 g/mol. The average molecular weight is 308 g/mol. The van der Waals surface area contributed by atoms with Crippen LogP contribution >= 0.6 is 11.6 Å². The number of amides is 1. The van der Waals surface area contributed by atoms with Crippen LogP contribution in [0.1, 0.15) is 31.7 Å². The molecule has 1 saturated heterocycles. The van der Waals surface area contributed by atoms with Gasteiger partial charge >= 0.3 is 5.97 Å². The SMILES string of the molecule is C[C@]1(C(=O)O)CCN(C(=O)C2(c3ccc(Cl)cc3)CC2)C1. The van der Waals surface area contributed by atoms with Gasteiger partial charge in [-0.25, -0.2) is 0 Å². The van der Waals surface area contributed by atoms with Gasteiger partial charge in [0.1, 0.15) is 0 Å². The molecule has 1 saturated carbocycles. The topological polar surface area (TPSA) is 57.6 Å². The molecule has 4 nitrogen and oxygen atoms in total. The van der Waals surface area contributed by atoms with E-state index in [2.05, 4.69) is 0 Å². The number of hydrogen-bond acceptors (Lipinski definition) is 2. The van der Waals surface area contributed by atoms with Gasteiger partial charge in [-0.1, -0.05) is 23.7 Å². The summed E-state index contributed by atoms with van der Waals surface area (Å²) in [6.07, 6.45) is 2.17. The van der Waals surface area contributed by atoms with Crippen LogP contribution in [-0.4, -0.2) is 35.0 Å². The molecule has 112 valence electrons. The summed E-state index contributed by atoms with van der Waals surface area (Å²) in [5.41, 5.74) is -0.277. The summed E-state index contributed by atoms with van der Waals surface area (Å²) in [6.45, 7) is 2.54. The number of rotatable bonds is 3. The standard InChI is InChI=1S/C16H18ClNO3/c1-15(14(20)21)8-9-18(10-15)13(19)16(6-7-16)11-2-4-12(17)5-3-11/h2-5H,6-10H2,1H3,(H,20,21)/t15-/m0/s1. The highest BCUT2D eigenvalue weighted by Crippen LogP contribution is 2.50. The second kappa shape index (κ2) is 4.73. The van der Waals surface area contributed by atoms with Gasteiger partial charge in [0.2, 0.25) is 5.91 Å². The molecule has 1 heterocycles. The number of carbonyl (C=O) groups excluding carboxylic acids is 1. The fraction of sp³-hybridized carbons (Fsp3) is 0.500. The number of hydrogen-bond donors (Lipinski definition) is 1. The molecular formula is C16H18ClNO3. The lowest BCUT2D eigenvalue weighted by molar-refractivity contribution is -0.147. The highest BCUT2D eigenvalue weighted by Gasteiger charge is 2.55. The summed E-state index contributed by atoms with van der Waals surface area (Å²) in [6, 6.07) is 7.41. The molecule has 1 aromatic rings. The maximum Gasteiger partial charge on any atom is 0.311 e. The molecule has 0 unspecified atom stereocenters. The third kappa shape index (κ3) is 2.31. The molecule has 0 aromatic heterocycles. The smallest absolute Gasteiger partial charge is 0.311 e. The Labute approximate surface area is 128 Å². The van der Waals surface area contributed by atoms with Crippen LogP contribution in [0, 0.1) is 5.41 Å². The zero-order chi connectivity index (χ0) is 15.3. The lowest BCUT2D eigenvalue weighted by atomic mass is 9.90. The molecule has 5 heteroatoms. The average Bonchev–Trinajstić information content (AvgIpc) is 3.16. The van der Waals surface area contributed by atoms with Crippen molar-refractivity contribution < 1.29 is 14.7 Å². The van der Waals surface area contributed by atoms with E-state index in [1.54, 1.807) is 24.0 Å². The number of halogens is 1. The van der Waals surface area contributed by atoms with Crippen LogP contribution in [-0.2, 0) is 15.0 Å². The van der Waals surface area contributed by atoms with E-state index in [4.69, 9.17) is 11.6 Å². The van der Waals surface area contributed by atoms with Crippen molar-refractivity contribution >= 4 is 23.5 Å². The fourth-order valence-electron chi connectivity index (χ4n) is 3.13. The molecule has 0 radical (unpaired) electrons. The van der Waals surface area contributed by atoms with E-state index >= 15 is 0 Å². The van der Waals surface area contributed by atoms with Crippen LogP contribution in [0.2, 0.25) is 5.02 Å². The lowest BCUT2D eigenvalue weighted by Gasteiger charge is -2.25. The maximum absolute atomic E-state index is 12.8. The molecule has 1 atom stereocenters. The van der Waals surface area contributed by atoms with Crippen molar-refractivity contribution in [3.63, 3.8) is 0 Å². The molecule has 21 heavy (non-hydrogen) atoms. The zero-order valence-electron chi connectivity index (χ0n) is 11.9. The summed E-state index contributed by atoms with van der Waals surface area (Å²) in [5.74, 6) is -0.760. The van der Waals surface area contributed by atoms with E-state index in [0.717, 1.165) is 18.4 Å². The van der Waals surface area contributed by atoms with Crippen LogP contribution in [0.25, 0.3) is 0 Å². The quantitative estimate of drug-likeness (QED) is 0.934. The van der Waals surface area contributed by atoms with E-state index < -0.39 is 16.8 Å². The van der Waals surface area contributed by atoms with E-state index in [1.165, 1.54) is 0 Å². The predicted octanol–water partition coefficient (Wildman–Crippen LogP) is 2.69. The van der Waals surface area contributed by atoms with Gasteiger partial charge in [-0.2, -0.15) is 0 Å². The lowest BCUT2D eigenvalue weighted by Crippen LogP contribution is -2.40. The Balaban J connectivity index is 1.80. The molecule has 1 amide bonds. The second-order valence-corrected chi connectivity index (χ2v) is 6.87. The molecule has 1 aliphatic heterocycles. The summed E-state index contributed by atoms with van der Waals surface area (Å²) in [5, 5.41) is 9.94. The minimum absolute atomic E-state index is 0.0646. The predicted molar refractivity (Wildman–Crippen MR) is 79.3 cm³/mol. The van der Waals surface area contributed by atoms with Crippen LogP contribution in [0.5, 0.6) is 0 Å². The Morgan fingerprint density at radius 1 is 1.19 bits per heavy atom. The van der Waals surface area contributed by atoms with Gasteiger partial charge in [0, 0.05) is 18.1 Å². The molecule has 1 N–H and O–H groups in total. The van der Waals surface area contributed by atoms with Gasteiger partial charge in [-0.3, -0.25) is 9.59 Å². The van der Waals surface area contributed by atoms with Crippen molar-refractivity contribution in [1.29, 1.82) is 0 Å². The fourth-order valence-corrected chi connectivity index (χ4v) is 3.26. The molecular weight excluding hydrogens is 290 g/mol. The first kappa shape index (κ1) is 14.4. The normalized spacial score (nSPS) is 26.7. The van der Waals surface area contributed by atoms with Crippen molar-refractivity contribution in [2.45, 2.75) is 31.6 Å². The Hall–Kier alpha value is -1.55. The molecule has 3 rings (SSSR count). The molecule has 2 aliphatic rings. The minimum atomic E-state index is -0.825. The largest absolute Gasteiger partial charge is 0.481 e. The van der Waals surface area contributed by atoms with Gasteiger partial charge in [-0.15, -0.1) is 0 Å². The molecule has 0 spiro atoms. The Bertz CT molecular complexity index is 594. The van der Waals surface area contributed by atoms with Gasteiger partial charge < -0.3 is 10.0 Å². The maximum atomic E-state index is 12.8. The Kier molecular flexibility index (Phi) is 3.24. The van der Waals surface area contributed by atoms with Crippen molar-refractivity contribution in [2.75, 3.05) is 13.1 Å². The van der Waals surface area contributed by atoms with Crippen LogP contribution in [0.4, 0.5) is 0 Å². The van der Waals surface area contributed by atoms with Crippen molar-refractivity contribution in [1.82, 2.24) is 4.90 Å². The van der Waals surface area contributed by atoms with E-state index in [-0.39, 0.29) is 5.91 Å². The van der Waals surface area contributed by atoms with Crippen molar-refractivity contribution in [3.05, 3.63) is 34.9 Å². The number of nitrogens with zero attached hydrogens (tertiary/aromatic N) is 1. The first-order valence-corrected chi connectivity index (χ1v) is 7.54. The number of carbonyl (C=O) groups is 2. The molecule has 1 aromatic carbocycles. The van der Waals surface area contributed by atoms with E-state index in [9.17, 15) is 14.7 Å². The highest BCUT2D eigenvalue weighted by atomic mass is 35.5. The Morgan fingerprint density at radius 2 is 1.81 bits per heavy atom. The summed E-state index contributed by atoms with van der Waals surface area (Å²) >= 11 is 5.90. The van der Waals surface area contributed by atoms with E-state index in [0.29, 0.717) is 24.5 Å². The van der Waals surface area contributed by atoms with E-state index in [1.807, 2.05) is 12.1 Å². The van der Waals surface area contributed by atoms with Gasteiger partial charge in [-0.05, 0) is 43.9 Å². The Morgan fingerprint density at radius 3 is 2.29 bits per heavy atom. The molecule has 1 aliphatic carbocycles. The molecule has 2 fully saturated rings. The van der Waals surface area contributed by atoms with Gasteiger partial charge in [0.05, 0.1) is 10.8 Å². The van der Waals surface area contributed by atoms with Gasteiger partial charge in [0.15, 0.2) is 0 Å². The zero-order valence-corrected chi connectivity index (χ0v) is 12.7. The van der Waals surface area contributed by atoms with Crippen molar-refractivity contribution in [3.8, 4) is 0 Å². The van der Waals surface area contributed by atoms with Crippen LogP contribution in [0.3, 0.4) is 0 Å². The first-order valence-electron chi connectivity index (χ1n) is 7.16. The highest BCUT2D eigenvalue weighted by molar-refractivity contribution is 6.30. The first-order chi connectivity index (χ1) is 9.87. The van der Waals surface area contributed by atoms with Crippen LogP contribution < -0.4 is 0 Å². The number of carboxylic acid groups (broad SMARTS) is 1. The van der Waals surface area contributed by atoms with Crippen molar-refractivity contribution in [2.24, 2.45) is 5.41 Å². The third-order valence-electron chi connectivity index (χ3n) is 4.83. The number of aliphatic carboxylic acids is 1.